The van der Waals surface area contributed by atoms with Gasteiger partial charge in [-0.15, -0.1) is 0 Å². The van der Waals surface area contributed by atoms with E-state index in [-0.39, 0.29) is 11.5 Å². The summed E-state index contributed by atoms with van der Waals surface area (Å²) in [5.41, 5.74) is 1.37. The molecule has 1 amide bonds. The Bertz CT molecular complexity index is 993. The van der Waals surface area contributed by atoms with Crippen molar-refractivity contribution in [1.82, 2.24) is 9.97 Å². The number of aromatic nitrogens is 2. The zero-order valence-electron chi connectivity index (χ0n) is 15.6. The van der Waals surface area contributed by atoms with E-state index in [4.69, 9.17) is 9.47 Å². The van der Waals surface area contributed by atoms with Gasteiger partial charge in [0.2, 0.25) is 0 Å². The summed E-state index contributed by atoms with van der Waals surface area (Å²) < 4.78 is 23.5. The van der Waals surface area contributed by atoms with Crippen molar-refractivity contribution in [3.05, 3.63) is 65.9 Å². The van der Waals surface area contributed by atoms with E-state index in [1.807, 2.05) is 0 Å². The molecule has 7 nitrogen and oxygen atoms in total. The molecule has 3 rings (SSSR count). The SMILES string of the molecule is COc1ccc(NC(=O)c2cc(Nc3ccc(F)cc3)nc(C)n2)cc1OC. The second kappa shape index (κ2) is 8.34. The van der Waals surface area contributed by atoms with Crippen molar-refractivity contribution in [3.8, 4) is 11.5 Å². The summed E-state index contributed by atoms with van der Waals surface area (Å²) in [6.07, 6.45) is 0. The summed E-state index contributed by atoms with van der Waals surface area (Å²) in [4.78, 5) is 21.1. The third kappa shape index (κ3) is 4.53. The van der Waals surface area contributed by atoms with Gasteiger partial charge in [0.05, 0.1) is 14.2 Å². The van der Waals surface area contributed by atoms with Crippen LogP contribution in [-0.4, -0.2) is 30.1 Å². The molecule has 1 aromatic heterocycles. The largest absolute Gasteiger partial charge is 0.493 e. The van der Waals surface area contributed by atoms with Crippen LogP contribution in [0.25, 0.3) is 0 Å². The zero-order valence-corrected chi connectivity index (χ0v) is 15.6. The molecule has 0 aliphatic carbocycles. The van der Waals surface area contributed by atoms with Gasteiger partial charge in [0, 0.05) is 23.5 Å². The molecule has 8 heteroatoms. The van der Waals surface area contributed by atoms with E-state index in [9.17, 15) is 9.18 Å². The number of halogens is 1. The number of nitrogens with zero attached hydrogens (tertiary/aromatic N) is 2. The van der Waals surface area contributed by atoms with Crippen LogP contribution in [0.4, 0.5) is 21.6 Å². The number of hydrogen-bond acceptors (Lipinski definition) is 6. The topological polar surface area (TPSA) is 85.4 Å². The van der Waals surface area contributed by atoms with Gasteiger partial charge in [0.25, 0.3) is 5.91 Å². The summed E-state index contributed by atoms with van der Waals surface area (Å²) in [6, 6.07) is 12.4. The van der Waals surface area contributed by atoms with Crippen LogP contribution in [0.5, 0.6) is 11.5 Å². The first-order valence-electron chi connectivity index (χ1n) is 8.40. The van der Waals surface area contributed by atoms with E-state index in [2.05, 4.69) is 20.6 Å². The molecule has 0 saturated carbocycles. The van der Waals surface area contributed by atoms with E-state index in [0.717, 1.165) is 0 Å². The van der Waals surface area contributed by atoms with Gasteiger partial charge in [-0.2, -0.15) is 0 Å². The molecular formula is C20H19FN4O3. The Morgan fingerprint density at radius 3 is 2.29 bits per heavy atom. The average molecular weight is 382 g/mol. The fourth-order valence-corrected chi connectivity index (χ4v) is 2.54. The van der Waals surface area contributed by atoms with Crippen LogP contribution in [0.2, 0.25) is 0 Å². The molecule has 0 aliphatic rings. The standard InChI is InChI=1S/C20H19FN4O3/c1-12-22-16(11-19(23-12)24-14-6-4-13(21)5-7-14)20(26)25-15-8-9-17(27-2)18(10-15)28-3/h4-11H,1-3H3,(H,25,26)(H,22,23,24). The first-order valence-corrected chi connectivity index (χ1v) is 8.40. The Morgan fingerprint density at radius 2 is 1.61 bits per heavy atom. The number of amides is 1. The molecule has 0 aliphatic heterocycles. The number of carbonyl (C=O) groups is 1. The predicted molar refractivity (Wildman–Crippen MR) is 104 cm³/mol. The van der Waals surface area contributed by atoms with E-state index >= 15 is 0 Å². The van der Waals surface area contributed by atoms with Crippen LogP contribution in [0.3, 0.4) is 0 Å². The summed E-state index contributed by atoms with van der Waals surface area (Å²) in [6.45, 7) is 1.68. The van der Waals surface area contributed by atoms with E-state index < -0.39 is 5.91 Å². The lowest BCUT2D eigenvalue weighted by molar-refractivity contribution is 0.102. The van der Waals surface area contributed by atoms with Crippen molar-refractivity contribution in [2.24, 2.45) is 0 Å². The molecule has 0 atom stereocenters. The summed E-state index contributed by atoms with van der Waals surface area (Å²) >= 11 is 0. The number of methoxy groups -OCH3 is 2. The Labute approximate surface area is 161 Å². The third-order valence-electron chi connectivity index (χ3n) is 3.83. The highest BCUT2D eigenvalue weighted by Gasteiger charge is 2.13. The summed E-state index contributed by atoms with van der Waals surface area (Å²) in [7, 11) is 3.06. The minimum Gasteiger partial charge on any atom is -0.493 e. The monoisotopic (exact) mass is 382 g/mol. The van der Waals surface area contributed by atoms with Gasteiger partial charge in [-0.3, -0.25) is 4.79 Å². The highest BCUT2D eigenvalue weighted by Crippen LogP contribution is 2.30. The lowest BCUT2D eigenvalue weighted by Gasteiger charge is -2.11. The van der Waals surface area contributed by atoms with Crippen LogP contribution in [0, 0.1) is 12.7 Å². The lowest BCUT2D eigenvalue weighted by atomic mass is 10.2. The Kier molecular flexibility index (Phi) is 5.69. The molecule has 1 heterocycles. The average Bonchev–Trinajstić information content (AvgIpc) is 2.69. The van der Waals surface area contributed by atoms with Gasteiger partial charge in [-0.25, -0.2) is 14.4 Å². The van der Waals surface area contributed by atoms with Crippen LogP contribution in [0.1, 0.15) is 16.3 Å². The van der Waals surface area contributed by atoms with E-state index in [1.165, 1.54) is 32.4 Å². The number of carbonyl (C=O) groups excluding carboxylic acids is 1. The molecule has 0 fully saturated rings. The molecule has 3 aromatic rings. The first-order chi connectivity index (χ1) is 13.5. The maximum Gasteiger partial charge on any atom is 0.274 e. The van der Waals surface area contributed by atoms with Crippen molar-refractivity contribution in [2.45, 2.75) is 6.92 Å². The quantitative estimate of drug-likeness (QED) is 0.672. The third-order valence-corrected chi connectivity index (χ3v) is 3.83. The predicted octanol–water partition coefficient (Wildman–Crippen LogP) is 3.94. The van der Waals surface area contributed by atoms with Gasteiger partial charge in [0.15, 0.2) is 11.5 Å². The first kappa shape index (κ1) is 19.1. The van der Waals surface area contributed by atoms with Gasteiger partial charge in [0.1, 0.15) is 23.2 Å². The highest BCUT2D eigenvalue weighted by molar-refractivity contribution is 6.03. The molecule has 0 radical (unpaired) electrons. The van der Waals surface area contributed by atoms with Crippen LogP contribution < -0.4 is 20.1 Å². The second-order valence-electron chi connectivity index (χ2n) is 5.84. The summed E-state index contributed by atoms with van der Waals surface area (Å²) in [5, 5.41) is 5.80. The maximum absolute atomic E-state index is 13.0. The van der Waals surface area contributed by atoms with Crippen molar-refractivity contribution >= 4 is 23.1 Å². The van der Waals surface area contributed by atoms with Crippen LogP contribution in [-0.2, 0) is 0 Å². The molecule has 2 N–H and O–H groups in total. The number of aryl methyl sites for hydroxylation is 1. The van der Waals surface area contributed by atoms with Crippen LogP contribution >= 0.6 is 0 Å². The lowest BCUT2D eigenvalue weighted by Crippen LogP contribution is -2.15. The molecule has 0 bridgehead atoms. The van der Waals surface area contributed by atoms with Gasteiger partial charge < -0.3 is 20.1 Å². The Balaban J connectivity index is 1.80. The molecule has 0 unspecified atom stereocenters. The fourth-order valence-electron chi connectivity index (χ4n) is 2.54. The second-order valence-corrected chi connectivity index (χ2v) is 5.84. The fraction of sp³-hybridized carbons (Fsp3) is 0.150. The Morgan fingerprint density at radius 1 is 0.929 bits per heavy atom. The van der Waals surface area contributed by atoms with Crippen LogP contribution in [0.15, 0.2) is 48.5 Å². The number of anilines is 3. The Hall–Kier alpha value is -3.68. The molecule has 28 heavy (non-hydrogen) atoms. The number of rotatable bonds is 6. The minimum atomic E-state index is -0.403. The van der Waals surface area contributed by atoms with E-state index in [1.54, 1.807) is 37.3 Å². The highest BCUT2D eigenvalue weighted by atomic mass is 19.1. The smallest absolute Gasteiger partial charge is 0.274 e. The van der Waals surface area contributed by atoms with Gasteiger partial charge in [-0.1, -0.05) is 0 Å². The number of hydrogen-bond donors (Lipinski definition) is 2. The number of nitrogens with one attached hydrogen (secondary N) is 2. The van der Waals surface area contributed by atoms with Gasteiger partial charge >= 0.3 is 0 Å². The minimum absolute atomic E-state index is 0.187. The van der Waals surface area contributed by atoms with Crippen molar-refractivity contribution in [1.29, 1.82) is 0 Å². The zero-order chi connectivity index (χ0) is 20.1. The molecule has 2 aromatic carbocycles. The normalized spacial score (nSPS) is 10.3. The van der Waals surface area contributed by atoms with E-state index in [0.29, 0.717) is 34.5 Å². The number of ether oxygens (including phenoxy) is 2. The molecule has 0 saturated heterocycles. The number of benzene rings is 2. The molecule has 144 valence electrons. The van der Waals surface area contributed by atoms with Crippen molar-refractivity contribution < 1.29 is 18.7 Å². The van der Waals surface area contributed by atoms with Gasteiger partial charge in [-0.05, 0) is 43.3 Å². The van der Waals surface area contributed by atoms with Crippen molar-refractivity contribution in [3.63, 3.8) is 0 Å². The maximum atomic E-state index is 13.0. The summed E-state index contributed by atoms with van der Waals surface area (Å²) in [5.74, 6) is 1.17. The molecular weight excluding hydrogens is 363 g/mol. The molecule has 0 spiro atoms. The van der Waals surface area contributed by atoms with Crippen molar-refractivity contribution in [2.75, 3.05) is 24.9 Å².